The van der Waals surface area contributed by atoms with Crippen LogP contribution in [-0.2, 0) is 7.05 Å². The molecule has 0 aromatic carbocycles. The van der Waals surface area contributed by atoms with Crippen molar-refractivity contribution in [3.8, 4) is 0 Å². The average Bonchev–Trinajstić information content (AvgIpc) is 2.74. The van der Waals surface area contributed by atoms with E-state index in [2.05, 4.69) is 5.10 Å². The third-order valence-electron chi connectivity index (χ3n) is 3.53. The summed E-state index contributed by atoms with van der Waals surface area (Å²) in [7, 11) is 1.79. The van der Waals surface area contributed by atoms with E-state index in [0.717, 1.165) is 25.9 Å². The maximum Gasteiger partial charge on any atom is 0.272 e. The van der Waals surface area contributed by atoms with E-state index in [0.29, 0.717) is 11.6 Å². The molecule has 1 fully saturated rings. The van der Waals surface area contributed by atoms with Crippen molar-refractivity contribution in [2.45, 2.75) is 25.8 Å². The molecule has 17 heavy (non-hydrogen) atoms. The lowest BCUT2D eigenvalue weighted by Crippen LogP contribution is -2.45. The van der Waals surface area contributed by atoms with Crippen molar-refractivity contribution in [3.05, 3.63) is 18.0 Å². The zero-order chi connectivity index (χ0) is 12.4. The second-order valence-corrected chi connectivity index (χ2v) is 4.85. The lowest BCUT2D eigenvalue weighted by Gasteiger charge is -2.34. The highest BCUT2D eigenvalue weighted by Crippen LogP contribution is 2.20. The molecule has 0 radical (unpaired) electrons. The molecule has 5 nitrogen and oxygen atoms in total. The molecule has 1 aromatic heterocycles. The first-order valence-electron chi connectivity index (χ1n) is 6.12. The maximum atomic E-state index is 12.3. The van der Waals surface area contributed by atoms with Gasteiger partial charge in [-0.25, -0.2) is 0 Å². The molecule has 0 aliphatic carbocycles. The smallest absolute Gasteiger partial charge is 0.272 e. The number of hydrogen-bond donors (Lipinski definition) is 1. The molecule has 1 saturated heterocycles. The molecular formula is C12H20N4O. The van der Waals surface area contributed by atoms with Gasteiger partial charge in [0.2, 0.25) is 0 Å². The summed E-state index contributed by atoms with van der Waals surface area (Å²) in [5.41, 5.74) is 6.57. The minimum absolute atomic E-state index is 0.0651. The van der Waals surface area contributed by atoms with E-state index < -0.39 is 0 Å². The van der Waals surface area contributed by atoms with Crippen LogP contribution in [0.3, 0.4) is 0 Å². The number of aryl methyl sites for hydroxylation is 1. The summed E-state index contributed by atoms with van der Waals surface area (Å²) in [4.78, 5) is 14.2. The SMILES string of the molecule is CC(N)C1CCCN(C(=O)c2ccnn2C)C1. The second kappa shape index (κ2) is 4.87. The number of amides is 1. The number of carbonyl (C=O) groups is 1. The van der Waals surface area contributed by atoms with Gasteiger partial charge >= 0.3 is 0 Å². The van der Waals surface area contributed by atoms with Crippen molar-refractivity contribution in [1.82, 2.24) is 14.7 Å². The zero-order valence-electron chi connectivity index (χ0n) is 10.5. The highest BCUT2D eigenvalue weighted by Gasteiger charge is 2.27. The number of carbonyl (C=O) groups excluding carboxylic acids is 1. The number of rotatable bonds is 2. The van der Waals surface area contributed by atoms with Gasteiger partial charge in [0.1, 0.15) is 5.69 Å². The van der Waals surface area contributed by atoms with E-state index in [1.165, 1.54) is 0 Å². The Hall–Kier alpha value is -1.36. The molecule has 1 aliphatic heterocycles. The Labute approximate surface area is 102 Å². The van der Waals surface area contributed by atoms with Crippen LogP contribution in [0.2, 0.25) is 0 Å². The van der Waals surface area contributed by atoms with Gasteiger partial charge in [0.25, 0.3) is 5.91 Å². The van der Waals surface area contributed by atoms with Crippen LogP contribution in [-0.4, -0.2) is 39.7 Å². The fourth-order valence-electron chi connectivity index (χ4n) is 2.37. The lowest BCUT2D eigenvalue weighted by atomic mass is 9.92. The van der Waals surface area contributed by atoms with Crippen LogP contribution < -0.4 is 5.73 Å². The minimum Gasteiger partial charge on any atom is -0.337 e. The van der Waals surface area contributed by atoms with Crippen LogP contribution in [0.15, 0.2) is 12.3 Å². The van der Waals surface area contributed by atoms with Crippen LogP contribution in [0.1, 0.15) is 30.3 Å². The van der Waals surface area contributed by atoms with E-state index in [9.17, 15) is 4.79 Å². The third kappa shape index (κ3) is 2.49. The molecule has 2 rings (SSSR count). The first-order chi connectivity index (χ1) is 8.09. The van der Waals surface area contributed by atoms with Gasteiger partial charge in [-0.2, -0.15) is 5.10 Å². The molecule has 94 valence electrons. The number of piperidine rings is 1. The summed E-state index contributed by atoms with van der Waals surface area (Å²) >= 11 is 0. The van der Waals surface area contributed by atoms with Crippen molar-refractivity contribution in [1.29, 1.82) is 0 Å². The molecular weight excluding hydrogens is 216 g/mol. The van der Waals surface area contributed by atoms with Gasteiger partial charge < -0.3 is 10.6 Å². The number of nitrogens with two attached hydrogens (primary N) is 1. The Morgan fingerprint density at radius 3 is 3.00 bits per heavy atom. The van der Waals surface area contributed by atoms with Crippen molar-refractivity contribution >= 4 is 5.91 Å². The maximum absolute atomic E-state index is 12.3. The molecule has 2 N–H and O–H groups in total. The Morgan fingerprint density at radius 2 is 2.41 bits per heavy atom. The van der Waals surface area contributed by atoms with E-state index in [-0.39, 0.29) is 11.9 Å². The average molecular weight is 236 g/mol. The van der Waals surface area contributed by atoms with E-state index in [1.807, 2.05) is 11.8 Å². The van der Waals surface area contributed by atoms with Gasteiger partial charge in [-0.3, -0.25) is 9.48 Å². The molecule has 2 heterocycles. The molecule has 1 amide bonds. The Balaban J connectivity index is 2.07. The molecule has 2 atom stereocenters. The Kier molecular flexibility index (Phi) is 3.47. The molecule has 5 heteroatoms. The standard InChI is InChI=1S/C12H20N4O/c1-9(13)10-4-3-7-16(8-10)12(17)11-5-6-14-15(11)2/h5-6,9-10H,3-4,7-8,13H2,1-2H3. The van der Waals surface area contributed by atoms with Crippen LogP contribution >= 0.6 is 0 Å². The monoisotopic (exact) mass is 236 g/mol. The highest BCUT2D eigenvalue weighted by molar-refractivity contribution is 5.92. The molecule has 0 bridgehead atoms. The topological polar surface area (TPSA) is 64.2 Å². The lowest BCUT2D eigenvalue weighted by molar-refractivity contribution is 0.0650. The third-order valence-corrected chi connectivity index (χ3v) is 3.53. The summed E-state index contributed by atoms with van der Waals surface area (Å²) in [6.07, 6.45) is 3.81. The van der Waals surface area contributed by atoms with Gasteiger partial charge in [0.15, 0.2) is 0 Å². The van der Waals surface area contributed by atoms with Crippen molar-refractivity contribution in [2.24, 2.45) is 18.7 Å². The molecule has 1 aliphatic rings. The predicted octanol–water partition coefficient (Wildman–Crippen LogP) is 0.619. The Bertz CT molecular complexity index is 399. The largest absolute Gasteiger partial charge is 0.337 e. The summed E-state index contributed by atoms with van der Waals surface area (Å²) in [6, 6.07) is 1.91. The number of nitrogens with zero attached hydrogens (tertiary/aromatic N) is 3. The quantitative estimate of drug-likeness (QED) is 0.818. The van der Waals surface area contributed by atoms with Crippen molar-refractivity contribution in [2.75, 3.05) is 13.1 Å². The normalized spacial score (nSPS) is 22.5. The zero-order valence-corrected chi connectivity index (χ0v) is 10.5. The van der Waals surface area contributed by atoms with Crippen molar-refractivity contribution < 1.29 is 4.79 Å². The van der Waals surface area contributed by atoms with Gasteiger partial charge in [0.05, 0.1) is 0 Å². The second-order valence-electron chi connectivity index (χ2n) is 4.85. The van der Waals surface area contributed by atoms with Crippen molar-refractivity contribution in [3.63, 3.8) is 0 Å². The molecule has 1 aromatic rings. The molecule has 0 spiro atoms. The van der Waals surface area contributed by atoms with Gasteiger partial charge in [-0.05, 0) is 31.7 Å². The number of aromatic nitrogens is 2. The fourth-order valence-corrected chi connectivity index (χ4v) is 2.37. The predicted molar refractivity (Wildman–Crippen MR) is 65.5 cm³/mol. The summed E-state index contributed by atoms with van der Waals surface area (Å²) in [5.74, 6) is 0.483. The van der Waals surface area contributed by atoms with Gasteiger partial charge in [-0.15, -0.1) is 0 Å². The first kappa shape index (κ1) is 12.1. The van der Waals surface area contributed by atoms with Gasteiger partial charge in [-0.1, -0.05) is 0 Å². The molecule has 2 unspecified atom stereocenters. The number of likely N-dealkylation sites (tertiary alicyclic amines) is 1. The first-order valence-corrected chi connectivity index (χ1v) is 6.12. The van der Waals surface area contributed by atoms with Crippen LogP contribution in [0.4, 0.5) is 0 Å². The van der Waals surface area contributed by atoms with Gasteiger partial charge in [0, 0.05) is 32.4 Å². The summed E-state index contributed by atoms with van der Waals surface area (Å²) in [5, 5.41) is 4.03. The number of hydrogen-bond acceptors (Lipinski definition) is 3. The van der Waals surface area contributed by atoms with Crippen LogP contribution in [0.5, 0.6) is 0 Å². The van der Waals surface area contributed by atoms with E-state index in [1.54, 1.807) is 24.0 Å². The summed E-state index contributed by atoms with van der Waals surface area (Å²) < 4.78 is 1.62. The van der Waals surface area contributed by atoms with E-state index >= 15 is 0 Å². The molecule has 0 saturated carbocycles. The van der Waals surface area contributed by atoms with Crippen LogP contribution in [0, 0.1) is 5.92 Å². The summed E-state index contributed by atoms with van der Waals surface area (Å²) in [6.45, 7) is 3.61. The fraction of sp³-hybridized carbons (Fsp3) is 0.667. The highest BCUT2D eigenvalue weighted by atomic mass is 16.2. The minimum atomic E-state index is 0.0651. The Morgan fingerprint density at radius 1 is 1.65 bits per heavy atom. The van der Waals surface area contributed by atoms with Crippen LogP contribution in [0.25, 0.3) is 0 Å². The van der Waals surface area contributed by atoms with E-state index in [4.69, 9.17) is 5.73 Å².